The van der Waals surface area contributed by atoms with Gasteiger partial charge in [-0.25, -0.2) is 4.79 Å². The molecule has 2 rings (SSSR count). The number of benzene rings is 1. The fourth-order valence-electron chi connectivity index (χ4n) is 2.44. The van der Waals surface area contributed by atoms with E-state index in [-0.39, 0.29) is 0 Å². The summed E-state index contributed by atoms with van der Waals surface area (Å²) in [6.45, 7) is 0.466. The molecule has 18 heavy (non-hydrogen) atoms. The number of anilines is 1. The Hall–Kier alpha value is -1.71. The SMILES string of the molecule is NC(=O)OCC1CCC(Nc2ccccc2)CC1. The minimum absolute atomic E-state index is 0.464. The lowest BCUT2D eigenvalue weighted by molar-refractivity contribution is 0.123. The van der Waals surface area contributed by atoms with Crippen LogP contribution in [-0.4, -0.2) is 18.7 Å². The molecule has 1 aromatic rings. The van der Waals surface area contributed by atoms with Crippen molar-refractivity contribution in [3.8, 4) is 0 Å². The molecule has 0 bridgehead atoms. The summed E-state index contributed by atoms with van der Waals surface area (Å²) in [6.07, 6.45) is 3.72. The van der Waals surface area contributed by atoms with Crippen LogP contribution in [0.5, 0.6) is 0 Å². The summed E-state index contributed by atoms with van der Waals surface area (Å²) in [6, 6.07) is 10.8. The van der Waals surface area contributed by atoms with Gasteiger partial charge in [0.15, 0.2) is 0 Å². The number of rotatable bonds is 4. The maximum absolute atomic E-state index is 10.5. The summed E-state index contributed by atoms with van der Waals surface area (Å²) < 4.78 is 4.85. The molecule has 0 atom stereocenters. The zero-order valence-electron chi connectivity index (χ0n) is 10.5. The van der Waals surface area contributed by atoms with Crippen molar-refractivity contribution >= 4 is 11.8 Å². The lowest BCUT2D eigenvalue weighted by atomic mass is 9.86. The fraction of sp³-hybridized carbons (Fsp3) is 0.500. The Morgan fingerprint density at radius 2 is 1.89 bits per heavy atom. The van der Waals surface area contributed by atoms with Crippen LogP contribution >= 0.6 is 0 Å². The van der Waals surface area contributed by atoms with E-state index in [1.807, 2.05) is 18.2 Å². The Labute approximate surface area is 108 Å². The van der Waals surface area contributed by atoms with Gasteiger partial charge in [-0.15, -0.1) is 0 Å². The van der Waals surface area contributed by atoms with Crippen LogP contribution in [0.1, 0.15) is 25.7 Å². The molecule has 1 amide bonds. The first-order valence-electron chi connectivity index (χ1n) is 6.48. The molecule has 1 aliphatic rings. The van der Waals surface area contributed by atoms with Crippen molar-refractivity contribution in [2.75, 3.05) is 11.9 Å². The molecule has 1 fully saturated rings. The van der Waals surface area contributed by atoms with Gasteiger partial charge in [-0.1, -0.05) is 18.2 Å². The Morgan fingerprint density at radius 1 is 1.22 bits per heavy atom. The van der Waals surface area contributed by atoms with E-state index in [0.29, 0.717) is 18.6 Å². The van der Waals surface area contributed by atoms with Gasteiger partial charge in [0, 0.05) is 11.7 Å². The molecule has 98 valence electrons. The van der Waals surface area contributed by atoms with Gasteiger partial charge in [0.1, 0.15) is 0 Å². The van der Waals surface area contributed by atoms with Crippen LogP contribution in [0.2, 0.25) is 0 Å². The number of amides is 1. The van der Waals surface area contributed by atoms with Crippen LogP contribution < -0.4 is 11.1 Å². The number of ether oxygens (including phenoxy) is 1. The first-order chi connectivity index (χ1) is 8.74. The third-order valence-corrected chi connectivity index (χ3v) is 3.45. The van der Waals surface area contributed by atoms with E-state index in [1.165, 1.54) is 5.69 Å². The molecule has 4 heteroatoms. The number of carbonyl (C=O) groups is 1. The van der Waals surface area contributed by atoms with Gasteiger partial charge in [0.2, 0.25) is 0 Å². The molecule has 1 aliphatic carbocycles. The number of nitrogens with one attached hydrogen (secondary N) is 1. The van der Waals surface area contributed by atoms with Crippen molar-refractivity contribution in [3.63, 3.8) is 0 Å². The Kier molecular flexibility index (Phi) is 4.45. The highest BCUT2D eigenvalue weighted by Gasteiger charge is 2.21. The van der Waals surface area contributed by atoms with Gasteiger partial charge < -0.3 is 15.8 Å². The quantitative estimate of drug-likeness (QED) is 0.861. The summed E-state index contributed by atoms with van der Waals surface area (Å²) in [7, 11) is 0. The lowest BCUT2D eigenvalue weighted by Gasteiger charge is -2.29. The zero-order valence-corrected chi connectivity index (χ0v) is 10.5. The van der Waals surface area contributed by atoms with E-state index in [2.05, 4.69) is 17.4 Å². The van der Waals surface area contributed by atoms with Crippen molar-refractivity contribution < 1.29 is 9.53 Å². The average Bonchev–Trinajstić information content (AvgIpc) is 2.39. The third-order valence-electron chi connectivity index (χ3n) is 3.45. The molecular weight excluding hydrogens is 228 g/mol. The second kappa shape index (κ2) is 6.28. The molecule has 1 aromatic carbocycles. The highest BCUT2D eigenvalue weighted by atomic mass is 16.5. The summed E-state index contributed by atoms with van der Waals surface area (Å²) >= 11 is 0. The van der Waals surface area contributed by atoms with Gasteiger partial charge in [-0.3, -0.25) is 0 Å². The van der Waals surface area contributed by atoms with Gasteiger partial charge in [0.25, 0.3) is 0 Å². The molecule has 0 heterocycles. The number of primary amides is 1. The van der Waals surface area contributed by atoms with E-state index >= 15 is 0 Å². The number of hydrogen-bond donors (Lipinski definition) is 2. The van der Waals surface area contributed by atoms with Crippen molar-refractivity contribution in [1.29, 1.82) is 0 Å². The second-order valence-electron chi connectivity index (χ2n) is 4.86. The van der Waals surface area contributed by atoms with E-state index in [4.69, 9.17) is 10.5 Å². The van der Waals surface area contributed by atoms with Gasteiger partial charge in [-0.2, -0.15) is 0 Å². The van der Waals surface area contributed by atoms with E-state index in [9.17, 15) is 4.79 Å². The number of para-hydroxylation sites is 1. The molecule has 0 unspecified atom stereocenters. The maximum Gasteiger partial charge on any atom is 0.404 e. The van der Waals surface area contributed by atoms with E-state index in [1.54, 1.807) is 0 Å². The van der Waals surface area contributed by atoms with Crippen molar-refractivity contribution in [2.24, 2.45) is 11.7 Å². The first-order valence-corrected chi connectivity index (χ1v) is 6.48. The van der Waals surface area contributed by atoms with Crippen LogP contribution in [0, 0.1) is 5.92 Å². The highest BCUT2D eigenvalue weighted by Crippen LogP contribution is 2.26. The van der Waals surface area contributed by atoms with Crippen molar-refractivity contribution in [1.82, 2.24) is 0 Å². The van der Waals surface area contributed by atoms with Crippen LogP contribution in [0.4, 0.5) is 10.5 Å². The minimum atomic E-state index is -0.667. The maximum atomic E-state index is 10.5. The van der Waals surface area contributed by atoms with Crippen molar-refractivity contribution in [2.45, 2.75) is 31.7 Å². The minimum Gasteiger partial charge on any atom is -0.449 e. The summed E-state index contributed by atoms with van der Waals surface area (Å²) in [5.41, 5.74) is 6.14. The molecule has 0 radical (unpaired) electrons. The molecule has 0 aromatic heterocycles. The van der Waals surface area contributed by atoms with E-state index < -0.39 is 6.09 Å². The molecule has 0 saturated heterocycles. The molecule has 0 spiro atoms. The second-order valence-corrected chi connectivity index (χ2v) is 4.86. The summed E-state index contributed by atoms with van der Waals surface area (Å²) in [5, 5.41) is 3.53. The standard InChI is InChI=1S/C14H20N2O2/c15-14(17)18-10-11-6-8-13(9-7-11)16-12-4-2-1-3-5-12/h1-5,11,13,16H,6-10H2,(H2,15,17). The highest BCUT2D eigenvalue weighted by molar-refractivity contribution is 5.64. The largest absolute Gasteiger partial charge is 0.449 e. The van der Waals surface area contributed by atoms with E-state index in [0.717, 1.165) is 25.7 Å². The predicted molar refractivity (Wildman–Crippen MR) is 71.3 cm³/mol. The molecule has 0 aliphatic heterocycles. The molecule has 1 saturated carbocycles. The average molecular weight is 248 g/mol. The van der Waals surface area contributed by atoms with Crippen LogP contribution in [-0.2, 0) is 4.74 Å². The number of hydrogen-bond acceptors (Lipinski definition) is 3. The number of nitrogens with two attached hydrogens (primary N) is 1. The molecule has 3 N–H and O–H groups in total. The Bertz CT molecular complexity index is 373. The molecule has 4 nitrogen and oxygen atoms in total. The first kappa shape index (κ1) is 12.7. The third kappa shape index (κ3) is 3.95. The Morgan fingerprint density at radius 3 is 2.50 bits per heavy atom. The topological polar surface area (TPSA) is 64.4 Å². The lowest BCUT2D eigenvalue weighted by Crippen LogP contribution is -2.29. The van der Waals surface area contributed by atoms with Crippen LogP contribution in [0.15, 0.2) is 30.3 Å². The predicted octanol–water partition coefficient (Wildman–Crippen LogP) is 2.75. The van der Waals surface area contributed by atoms with Gasteiger partial charge >= 0.3 is 6.09 Å². The zero-order chi connectivity index (χ0) is 12.8. The van der Waals surface area contributed by atoms with Gasteiger partial charge in [-0.05, 0) is 43.7 Å². The number of carbonyl (C=O) groups excluding carboxylic acids is 1. The monoisotopic (exact) mass is 248 g/mol. The van der Waals surface area contributed by atoms with Crippen LogP contribution in [0.25, 0.3) is 0 Å². The molecular formula is C14H20N2O2. The summed E-state index contributed by atoms with van der Waals surface area (Å²) in [5.74, 6) is 0.464. The smallest absolute Gasteiger partial charge is 0.404 e. The van der Waals surface area contributed by atoms with Crippen molar-refractivity contribution in [3.05, 3.63) is 30.3 Å². The Balaban J connectivity index is 1.72. The summed E-state index contributed by atoms with van der Waals surface area (Å²) in [4.78, 5) is 10.5. The normalized spacial score (nSPS) is 23.3. The van der Waals surface area contributed by atoms with Crippen LogP contribution in [0.3, 0.4) is 0 Å². The van der Waals surface area contributed by atoms with Gasteiger partial charge in [0.05, 0.1) is 6.61 Å². The fourth-order valence-corrected chi connectivity index (χ4v) is 2.44.